The van der Waals surface area contributed by atoms with Gasteiger partial charge in [0.2, 0.25) is 5.91 Å². The molecule has 0 saturated carbocycles. The van der Waals surface area contributed by atoms with Gasteiger partial charge in [-0.2, -0.15) is 5.10 Å². The summed E-state index contributed by atoms with van der Waals surface area (Å²) in [5.41, 5.74) is 2.03. The third-order valence-corrected chi connectivity index (χ3v) is 5.26. The van der Waals surface area contributed by atoms with Crippen molar-refractivity contribution in [1.82, 2.24) is 14.7 Å². The first-order valence-electron chi connectivity index (χ1n) is 9.34. The fourth-order valence-electron chi connectivity index (χ4n) is 3.84. The molecule has 0 radical (unpaired) electrons. The van der Waals surface area contributed by atoms with E-state index in [2.05, 4.69) is 11.7 Å². The Hall–Kier alpha value is -3.15. The largest absolute Gasteiger partial charge is 0.496 e. The zero-order valence-corrected chi connectivity index (χ0v) is 15.8. The standard InChI is InChI=1S/C22H22FN3O2/c1-3-21(27)25-11-5-6-17(14-25)26-13-16-12-15(9-10-19(16)24-26)22-18(23)7-4-8-20(22)28-2/h3-4,7-10,12-13,17H,1,5-6,11,14H2,2H3. The Morgan fingerprint density at radius 1 is 1.36 bits per heavy atom. The van der Waals surface area contributed by atoms with Gasteiger partial charge in [-0.3, -0.25) is 9.48 Å². The van der Waals surface area contributed by atoms with E-state index in [1.165, 1.54) is 19.3 Å². The molecule has 1 aromatic heterocycles. The molecule has 2 aromatic carbocycles. The maximum atomic E-state index is 14.4. The van der Waals surface area contributed by atoms with E-state index in [-0.39, 0.29) is 17.8 Å². The molecular formula is C22H22FN3O2. The maximum Gasteiger partial charge on any atom is 0.246 e. The molecule has 0 N–H and O–H groups in total. The fourth-order valence-corrected chi connectivity index (χ4v) is 3.84. The zero-order chi connectivity index (χ0) is 19.7. The summed E-state index contributed by atoms with van der Waals surface area (Å²) >= 11 is 0. The number of methoxy groups -OCH3 is 1. The summed E-state index contributed by atoms with van der Waals surface area (Å²) in [6.07, 6.45) is 5.22. The molecule has 4 rings (SSSR count). The number of nitrogens with zero attached hydrogens (tertiary/aromatic N) is 3. The van der Waals surface area contributed by atoms with Crippen molar-refractivity contribution in [3.8, 4) is 16.9 Å². The van der Waals surface area contributed by atoms with E-state index in [1.54, 1.807) is 12.1 Å². The lowest BCUT2D eigenvalue weighted by Crippen LogP contribution is -2.39. The number of ether oxygens (including phenoxy) is 1. The van der Waals surface area contributed by atoms with E-state index < -0.39 is 0 Å². The van der Waals surface area contributed by atoms with E-state index in [0.29, 0.717) is 17.9 Å². The van der Waals surface area contributed by atoms with Gasteiger partial charge in [0.05, 0.1) is 24.2 Å². The van der Waals surface area contributed by atoms with Crippen LogP contribution in [0.15, 0.2) is 55.3 Å². The van der Waals surface area contributed by atoms with Gasteiger partial charge in [-0.15, -0.1) is 0 Å². The van der Waals surface area contributed by atoms with Crippen LogP contribution >= 0.6 is 0 Å². The van der Waals surface area contributed by atoms with E-state index in [9.17, 15) is 9.18 Å². The first-order chi connectivity index (χ1) is 13.6. The second-order valence-corrected chi connectivity index (χ2v) is 6.98. The molecule has 5 nitrogen and oxygen atoms in total. The summed E-state index contributed by atoms with van der Waals surface area (Å²) in [5.74, 6) is 0.130. The minimum Gasteiger partial charge on any atom is -0.496 e. The molecular weight excluding hydrogens is 357 g/mol. The predicted octanol–water partition coefficient (Wildman–Crippen LogP) is 4.20. The molecule has 1 aliphatic rings. The number of rotatable bonds is 4. The Morgan fingerprint density at radius 2 is 2.21 bits per heavy atom. The molecule has 3 aromatic rings. The van der Waals surface area contributed by atoms with Crippen LogP contribution in [0.1, 0.15) is 18.9 Å². The number of carbonyl (C=O) groups excluding carboxylic acids is 1. The first kappa shape index (κ1) is 18.2. The minimum absolute atomic E-state index is 0.0460. The first-order valence-corrected chi connectivity index (χ1v) is 9.34. The molecule has 0 bridgehead atoms. The van der Waals surface area contributed by atoms with Gasteiger partial charge in [0.1, 0.15) is 11.6 Å². The molecule has 28 heavy (non-hydrogen) atoms. The number of hydrogen-bond acceptors (Lipinski definition) is 3. The molecule has 6 heteroatoms. The van der Waals surface area contributed by atoms with Gasteiger partial charge in [0.25, 0.3) is 0 Å². The average Bonchev–Trinajstić information content (AvgIpc) is 3.16. The van der Waals surface area contributed by atoms with Crippen molar-refractivity contribution in [1.29, 1.82) is 0 Å². The van der Waals surface area contributed by atoms with Crippen molar-refractivity contribution >= 4 is 16.8 Å². The second kappa shape index (κ2) is 7.46. The van der Waals surface area contributed by atoms with Crippen LogP contribution in [0.5, 0.6) is 5.75 Å². The second-order valence-electron chi connectivity index (χ2n) is 6.98. The monoisotopic (exact) mass is 379 g/mol. The van der Waals surface area contributed by atoms with Crippen molar-refractivity contribution < 1.29 is 13.9 Å². The van der Waals surface area contributed by atoms with Crippen LogP contribution in [0.2, 0.25) is 0 Å². The number of hydrogen-bond donors (Lipinski definition) is 0. The molecule has 1 fully saturated rings. The van der Waals surface area contributed by atoms with E-state index >= 15 is 0 Å². The number of likely N-dealkylation sites (tertiary alicyclic amines) is 1. The zero-order valence-electron chi connectivity index (χ0n) is 15.8. The van der Waals surface area contributed by atoms with Crippen molar-refractivity contribution in [2.45, 2.75) is 18.9 Å². The van der Waals surface area contributed by atoms with Crippen LogP contribution in [-0.4, -0.2) is 40.8 Å². The molecule has 1 atom stereocenters. The van der Waals surface area contributed by atoms with Gasteiger partial charge < -0.3 is 9.64 Å². The SMILES string of the molecule is C=CC(=O)N1CCCC(n2cc3cc(-c4c(F)cccc4OC)ccc3n2)C1. The quantitative estimate of drug-likeness (QED) is 0.639. The number of fused-ring (bicyclic) bond motifs is 1. The van der Waals surface area contributed by atoms with Crippen molar-refractivity contribution in [2.75, 3.05) is 20.2 Å². The number of amides is 1. The molecule has 144 valence electrons. The van der Waals surface area contributed by atoms with Gasteiger partial charge >= 0.3 is 0 Å². The number of aromatic nitrogens is 2. The van der Waals surface area contributed by atoms with Crippen molar-refractivity contribution in [2.24, 2.45) is 0 Å². The number of carbonyl (C=O) groups is 1. The molecule has 1 aliphatic heterocycles. The fraction of sp³-hybridized carbons (Fsp3) is 0.273. The third-order valence-electron chi connectivity index (χ3n) is 5.26. The summed E-state index contributed by atoms with van der Waals surface area (Å²) in [4.78, 5) is 13.7. The molecule has 0 aliphatic carbocycles. The van der Waals surface area contributed by atoms with Crippen LogP contribution in [0, 0.1) is 5.82 Å². The maximum absolute atomic E-state index is 14.4. The lowest BCUT2D eigenvalue weighted by atomic mass is 10.0. The Bertz CT molecular complexity index is 1040. The Morgan fingerprint density at radius 3 is 3.00 bits per heavy atom. The van der Waals surface area contributed by atoms with Crippen LogP contribution in [-0.2, 0) is 4.79 Å². The van der Waals surface area contributed by atoms with Crippen molar-refractivity contribution in [3.05, 3.63) is 61.1 Å². The highest BCUT2D eigenvalue weighted by Gasteiger charge is 2.24. The van der Waals surface area contributed by atoms with Gasteiger partial charge in [0.15, 0.2) is 0 Å². The third kappa shape index (κ3) is 3.26. The van der Waals surface area contributed by atoms with Gasteiger partial charge in [-0.25, -0.2) is 4.39 Å². The highest BCUT2D eigenvalue weighted by Crippen LogP contribution is 2.34. The summed E-state index contributed by atoms with van der Waals surface area (Å²) < 4.78 is 21.7. The van der Waals surface area contributed by atoms with Gasteiger partial charge in [0, 0.05) is 24.7 Å². The highest BCUT2D eigenvalue weighted by molar-refractivity contribution is 5.87. The van der Waals surface area contributed by atoms with E-state index in [4.69, 9.17) is 4.74 Å². The Labute approximate surface area is 163 Å². The lowest BCUT2D eigenvalue weighted by molar-refractivity contribution is -0.127. The summed E-state index contributed by atoms with van der Waals surface area (Å²) in [5, 5.41) is 5.61. The summed E-state index contributed by atoms with van der Waals surface area (Å²) in [6.45, 7) is 4.94. The Kier molecular flexibility index (Phi) is 4.86. The lowest BCUT2D eigenvalue weighted by Gasteiger charge is -2.32. The average molecular weight is 379 g/mol. The predicted molar refractivity (Wildman–Crippen MR) is 107 cm³/mol. The number of piperidine rings is 1. The molecule has 1 saturated heterocycles. The normalized spacial score (nSPS) is 16.9. The van der Waals surface area contributed by atoms with Crippen molar-refractivity contribution in [3.63, 3.8) is 0 Å². The number of benzene rings is 2. The van der Waals surface area contributed by atoms with Gasteiger partial charge in [-0.05, 0) is 48.7 Å². The molecule has 2 heterocycles. The highest BCUT2D eigenvalue weighted by atomic mass is 19.1. The minimum atomic E-state index is -0.322. The van der Waals surface area contributed by atoms with E-state index in [0.717, 1.165) is 35.9 Å². The van der Waals surface area contributed by atoms with Gasteiger partial charge in [-0.1, -0.05) is 18.7 Å². The molecule has 1 unspecified atom stereocenters. The number of halogens is 1. The molecule has 0 spiro atoms. The van der Waals surface area contributed by atoms with Crippen LogP contribution in [0.3, 0.4) is 0 Å². The Balaban J connectivity index is 1.68. The van der Waals surface area contributed by atoms with Crippen LogP contribution in [0.4, 0.5) is 4.39 Å². The van der Waals surface area contributed by atoms with Crippen LogP contribution < -0.4 is 4.74 Å². The van der Waals surface area contributed by atoms with E-state index in [1.807, 2.05) is 34.0 Å². The van der Waals surface area contributed by atoms with Crippen LogP contribution in [0.25, 0.3) is 22.0 Å². The molecule has 1 amide bonds. The summed E-state index contributed by atoms with van der Waals surface area (Å²) in [6, 6.07) is 10.6. The summed E-state index contributed by atoms with van der Waals surface area (Å²) in [7, 11) is 1.54. The topological polar surface area (TPSA) is 47.4 Å². The smallest absolute Gasteiger partial charge is 0.246 e.